The second-order valence-corrected chi connectivity index (χ2v) is 11.7. The SMILES string of the molecule is COC(=O)N[C@@H](Cc1ccccc1)C(=O)NC(CCCN1C(=O)[C@@](CC(C)C)(c2ccccc2)N=C1N)CC1CC1. The summed E-state index contributed by atoms with van der Waals surface area (Å²) in [5.74, 6) is 0.730. The van der Waals surface area contributed by atoms with E-state index in [1.807, 2.05) is 60.7 Å². The number of nitrogens with two attached hydrogens (primary N) is 1. The Morgan fingerprint density at radius 1 is 1.07 bits per heavy atom. The molecule has 2 aromatic rings. The van der Waals surface area contributed by atoms with Gasteiger partial charge in [-0.15, -0.1) is 0 Å². The van der Waals surface area contributed by atoms with Gasteiger partial charge in [0.2, 0.25) is 5.91 Å². The number of nitrogens with one attached hydrogen (secondary N) is 2. The summed E-state index contributed by atoms with van der Waals surface area (Å²) in [6.07, 6.45) is 4.77. The molecule has 2 aromatic carbocycles. The van der Waals surface area contributed by atoms with Crippen molar-refractivity contribution in [1.82, 2.24) is 15.5 Å². The Morgan fingerprint density at radius 2 is 1.73 bits per heavy atom. The molecule has 4 N–H and O–H groups in total. The van der Waals surface area contributed by atoms with Crippen molar-refractivity contribution in [3.05, 3.63) is 71.8 Å². The Hall–Kier alpha value is -3.88. The maximum absolute atomic E-state index is 13.8. The van der Waals surface area contributed by atoms with Crippen molar-refractivity contribution in [3.63, 3.8) is 0 Å². The summed E-state index contributed by atoms with van der Waals surface area (Å²) in [5, 5.41) is 5.86. The van der Waals surface area contributed by atoms with Crippen molar-refractivity contribution in [2.45, 2.75) is 76.4 Å². The molecule has 9 heteroatoms. The number of ether oxygens (including phenoxy) is 1. The van der Waals surface area contributed by atoms with Gasteiger partial charge in [-0.1, -0.05) is 87.4 Å². The first kappa shape index (κ1) is 30.1. The molecule has 1 unspecified atom stereocenters. The van der Waals surface area contributed by atoms with Gasteiger partial charge in [-0.25, -0.2) is 9.79 Å². The van der Waals surface area contributed by atoms with Gasteiger partial charge in [-0.3, -0.25) is 14.5 Å². The van der Waals surface area contributed by atoms with Crippen LogP contribution in [-0.2, 0) is 26.3 Å². The molecule has 3 atom stereocenters. The van der Waals surface area contributed by atoms with Crippen molar-refractivity contribution >= 4 is 23.9 Å². The zero-order valence-electron chi connectivity index (χ0n) is 24.3. The molecule has 0 bridgehead atoms. The van der Waals surface area contributed by atoms with E-state index < -0.39 is 17.7 Å². The standard InChI is InChI=1S/C32H43N5O4/c1-22(2)21-32(25-13-8-5-9-14-25)29(39)37(30(33)36-32)18-10-15-26(19-24-16-17-24)34-28(38)27(35-31(40)41-3)20-23-11-6-4-7-12-23/h4-9,11-14,22,24,26-27H,10,15-21H2,1-3H3,(H2,33,36)(H,34,38)(H,35,40)/t26?,27-,32+/m0/s1. The van der Waals surface area contributed by atoms with Crippen LogP contribution in [-0.4, -0.2) is 54.5 Å². The number of guanidine groups is 1. The van der Waals surface area contributed by atoms with Crippen molar-refractivity contribution in [3.8, 4) is 0 Å². The summed E-state index contributed by atoms with van der Waals surface area (Å²) in [4.78, 5) is 45.6. The lowest BCUT2D eigenvalue weighted by Gasteiger charge is -2.28. The molecule has 0 saturated heterocycles. The summed E-state index contributed by atoms with van der Waals surface area (Å²) in [7, 11) is 1.28. The van der Waals surface area contributed by atoms with E-state index in [2.05, 4.69) is 24.5 Å². The highest BCUT2D eigenvalue weighted by Gasteiger charge is 2.49. The van der Waals surface area contributed by atoms with Crippen molar-refractivity contribution in [2.24, 2.45) is 22.6 Å². The molecule has 220 valence electrons. The molecule has 0 aromatic heterocycles. The van der Waals surface area contributed by atoms with Crippen LogP contribution < -0.4 is 16.4 Å². The highest BCUT2D eigenvalue weighted by molar-refractivity contribution is 6.07. The van der Waals surface area contributed by atoms with E-state index in [1.54, 1.807) is 4.90 Å². The smallest absolute Gasteiger partial charge is 0.407 e. The monoisotopic (exact) mass is 561 g/mol. The third-order valence-corrected chi connectivity index (χ3v) is 7.81. The maximum Gasteiger partial charge on any atom is 0.407 e. The lowest BCUT2D eigenvalue weighted by Crippen LogP contribution is -2.51. The molecular formula is C32H43N5O4. The van der Waals surface area contributed by atoms with Gasteiger partial charge < -0.3 is 21.1 Å². The predicted molar refractivity (Wildman–Crippen MR) is 159 cm³/mol. The van der Waals surface area contributed by atoms with Gasteiger partial charge in [0.1, 0.15) is 6.04 Å². The Kier molecular flexibility index (Phi) is 10.0. The molecule has 1 heterocycles. The van der Waals surface area contributed by atoms with E-state index in [0.717, 1.165) is 30.4 Å². The fourth-order valence-corrected chi connectivity index (χ4v) is 5.65. The topological polar surface area (TPSA) is 126 Å². The number of nitrogens with zero attached hydrogens (tertiary/aromatic N) is 2. The molecule has 0 spiro atoms. The Labute approximate surface area is 242 Å². The van der Waals surface area contributed by atoms with Crippen molar-refractivity contribution in [1.29, 1.82) is 0 Å². The Balaban J connectivity index is 1.41. The average molecular weight is 562 g/mol. The fraction of sp³-hybridized carbons (Fsp3) is 0.500. The first-order chi connectivity index (χ1) is 19.7. The van der Waals surface area contributed by atoms with Crippen LogP contribution in [0.3, 0.4) is 0 Å². The van der Waals surface area contributed by atoms with Crippen LogP contribution >= 0.6 is 0 Å². The van der Waals surface area contributed by atoms with Gasteiger partial charge >= 0.3 is 6.09 Å². The lowest BCUT2D eigenvalue weighted by atomic mass is 9.82. The minimum Gasteiger partial charge on any atom is -0.453 e. The number of hydrogen-bond acceptors (Lipinski definition) is 6. The van der Waals surface area contributed by atoms with E-state index in [4.69, 9.17) is 15.5 Å². The van der Waals surface area contributed by atoms with Crippen LogP contribution in [0, 0.1) is 11.8 Å². The number of methoxy groups -OCH3 is 1. The minimum atomic E-state index is -1.01. The van der Waals surface area contributed by atoms with Gasteiger partial charge in [-0.2, -0.15) is 0 Å². The first-order valence-electron chi connectivity index (χ1n) is 14.6. The van der Waals surface area contributed by atoms with E-state index in [-0.39, 0.29) is 29.7 Å². The van der Waals surface area contributed by atoms with E-state index in [1.165, 1.54) is 7.11 Å². The van der Waals surface area contributed by atoms with Gasteiger partial charge in [0.15, 0.2) is 11.5 Å². The number of rotatable bonds is 14. The molecular weight excluding hydrogens is 518 g/mol. The first-order valence-corrected chi connectivity index (χ1v) is 14.6. The molecule has 9 nitrogen and oxygen atoms in total. The van der Waals surface area contributed by atoms with Crippen LogP contribution in [0.2, 0.25) is 0 Å². The Morgan fingerprint density at radius 3 is 2.34 bits per heavy atom. The molecule has 41 heavy (non-hydrogen) atoms. The quantitative estimate of drug-likeness (QED) is 0.320. The summed E-state index contributed by atoms with van der Waals surface area (Å²) >= 11 is 0. The minimum absolute atomic E-state index is 0.0851. The normalized spacial score (nSPS) is 20.0. The van der Waals surface area contributed by atoms with E-state index >= 15 is 0 Å². The van der Waals surface area contributed by atoms with Crippen molar-refractivity contribution < 1.29 is 19.1 Å². The average Bonchev–Trinajstić information content (AvgIpc) is 3.74. The van der Waals surface area contributed by atoms with Crippen molar-refractivity contribution in [2.75, 3.05) is 13.7 Å². The van der Waals surface area contributed by atoms with E-state index in [0.29, 0.717) is 38.1 Å². The molecule has 1 fully saturated rings. The third kappa shape index (κ3) is 7.86. The Bertz CT molecular complexity index is 1220. The molecule has 4 rings (SSSR count). The highest BCUT2D eigenvalue weighted by Crippen LogP contribution is 2.39. The third-order valence-electron chi connectivity index (χ3n) is 7.81. The van der Waals surface area contributed by atoms with E-state index in [9.17, 15) is 14.4 Å². The number of benzene rings is 2. The number of aliphatic imine (C=N–C) groups is 1. The van der Waals surface area contributed by atoms with Crippen LogP contribution in [0.5, 0.6) is 0 Å². The summed E-state index contributed by atoms with van der Waals surface area (Å²) in [6.45, 7) is 4.58. The fourth-order valence-electron chi connectivity index (χ4n) is 5.65. The number of carbonyl (C=O) groups excluding carboxylic acids is 3. The van der Waals surface area contributed by atoms with Gasteiger partial charge in [0.05, 0.1) is 7.11 Å². The van der Waals surface area contributed by atoms with Crippen LogP contribution in [0.4, 0.5) is 4.79 Å². The molecule has 0 radical (unpaired) electrons. The largest absolute Gasteiger partial charge is 0.453 e. The number of alkyl carbamates (subject to hydrolysis) is 1. The van der Waals surface area contributed by atoms with Gasteiger partial charge in [0, 0.05) is 19.0 Å². The molecule has 1 aliphatic heterocycles. The summed E-state index contributed by atoms with van der Waals surface area (Å²) in [5.41, 5.74) is 7.13. The number of hydrogen-bond donors (Lipinski definition) is 3. The number of amides is 3. The molecule has 1 aliphatic carbocycles. The van der Waals surface area contributed by atoms with Gasteiger partial charge in [0.25, 0.3) is 5.91 Å². The summed E-state index contributed by atoms with van der Waals surface area (Å²) < 4.78 is 4.77. The second kappa shape index (κ2) is 13.7. The molecule has 1 saturated carbocycles. The summed E-state index contributed by atoms with van der Waals surface area (Å²) in [6, 6.07) is 18.4. The predicted octanol–water partition coefficient (Wildman–Crippen LogP) is 4.12. The maximum atomic E-state index is 13.8. The van der Waals surface area contributed by atoms with Gasteiger partial charge in [-0.05, 0) is 48.6 Å². The second-order valence-electron chi connectivity index (χ2n) is 11.7. The lowest BCUT2D eigenvalue weighted by molar-refractivity contribution is -0.132. The molecule has 3 amide bonds. The zero-order valence-corrected chi connectivity index (χ0v) is 24.3. The van der Waals surface area contributed by atoms with Crippen LogP contribution in [0.1, 0.15) is 63.5 Å². The zero-order chi connectivity index (χ0) is 29.4. The number of carbonyl (C=O) groups is 3. The van der Waals surface area contributed by atoms with Crippen LogP contribution in [0.25, 0.3) is 0 Å². The highest BCUT2D eigenvalue weighted by atomic mass is 16.5. The molecule has 2 aliphatic rings. The van der Waals surface area contributed by atoms with Crippen LogP contribution in [0.15, 0.2) is 65.7 Å².